The number of benzene rings is 1. The third-order valence-corrected chi connectivity index (χ3v) is 3.74. The van der Waals surface area contributed by atoms with E-state index in [0.29, 0.717) is 6.04 Å². The van der Waals surface area contributed by atoms with Crippen molar-refractivity contribution in [2.75, 3.05) is 26.2 Å². The van der Waals surface area contributed by atoms with Crippen LogP contribution in [0.25, 0.3) is 0 Å². The first kappa shape index (κ1) is 13.6. The third-order valence-electron chi connectivity index (χ3n) is 3.74. The predicted octanol–water partition coefficient (Wildman–Crippen LogP) is 3.00. The third kappa shape index (κ3) is 3.33. The van der Waals surface area contributed by atoms with E-state index in [1.54, 1.807) is 0 Å². The largest absolute Gasteiger partial charge is 0.309 e. The highest BCUT2D eigenvalue weighted by Gasteiger charge is 2.20. The molecule has 1 atom stereocenters. The zero-order chi connectivity index (χ0) is 12.8. The maximum absolute atomic E-state index is 3.68. The minimum absolute atomic E-state index is 0.521. The first-order chi connectivity index (χ1) is 8.85. The lowest BCUT2D eigenvalue weighted by Crippen LogP contribution is -2.39. The van der Waals surface area contributed by atoms with E-state index in [2.05, 4.69) is 48.3 Å². The van der Waals surface area contributed by atoms with Crippen molar-refractivity contribution < 1.29 is 0 Å². The first-order valence-corrected chi connectivity index (χ1v) is 7.38. The van der Waals surface area contributed by atoms with Crippen molar-refractivity contribution in [1.29, 1.82) is 0 Å². The molecule has 0 aliphatic carbocycles. The number of nitrogens with one attached hydrogen (secondary N) is 1. The van der Waals surface area contributed by atoms with E-state index in [1.165, 1.54) is 43.5 Å². The highest BCUT2D eigenvalue weighted by Crippen LogP contribution is 2.23. The Kier molecular flexibility index (Phi) is 5.21. The summed E-state index contributed by atoms with van der Waals surface area (Å²) in [6.07, 6.45) is 3.66. The van der Waals surface area contributed by atoms with Crippen LogP contribution in [0, 0.1) is 0 Å². The van der Waals surface area contributed by atoms with Crippen LogP contribution >= 0.6 is 0 Å². The maximum Gasteiger partial charge on any atom is 0.0452 e. The standard InChI is InChI=1S/C16H26N2/c1-3-11-18(12-4-2)13-16-15-8-6-5-7-14(15)9-10-17-16/h5-8,16-17H,3-4,9-13H2,1-2H3/t16-/m1/s1. The average molecular weight is 246 g/mol. The van der Waals surface area contributed by atoms with Gasteiger partial charge in [0.2, 0.25) is 0 Å². The van der Waals surface area contributed by atoms with Gasteiger partial charge in [-0.15, -0.1) is 0 Å². The van der Waals surface area contributed by atoms with E-state index < -0.39 is 0 Å². The quantitative estimate of drug-likeness (QED) is 0.830. The summed E-state index contributed by atoms with van der Waals surface area (Å²) in [5.74, 6) is 0. The van der Waals surface area contributed by atoms with Crippen LogP contribution in [-0.2, 0) is 6.42 Å². The zero-order valence-corrected chi connectivity index (χ0v) is 11.8. The highest BCUT2D eigenvalue weighted by atomic mass is 15.1. The van der Waals surface area contributed by atoms with Gasteiger partial charge in [0.15, 0.2) is 0 Å². The molecular formula is C16H26N2. The molecule has 1 aliphatic rings. The smallest absolute Gasteiger partial charge is 0.0452 e. The van der Waals surface area contributed by atoms with Crippen molar-refractivity contribution in [3.63, 3.8) is 0 Å². The number of hydrogen-bond donors (Lipinski definition) is 1. The van der Waals surface area contributed by atoms with Crippen molar-refractivity contribution in [2.24, 2.45) is 0 Å². The summed E-state index contributed by atoms with van der Waals surface area (Å²) in [6, 6.07) is 9.43. The lowest BCUT2D eigenvalue weighted by Gasteiger charge is -2.32. The van der Waals surface area contributed by atoms with Crippen molar-refractivity contribution in [3.8, 4) is 0 Å². The van der Waals surface area contributed by atoms with Gasteiger partial charge in [-0.05, 0) is 50.0 Å². The van der Waals surface area contributed by atoms with Gasteiger partial charge in [-0.25, -0.2) is 0 Å². The van der Waals surface area contributed by atoms with Crippen LogP contribution in [0.3, 0.4) is 0 Å². The molecule has 0 fully saturated rings. The Morgan fingerprint density at radius 2 is 1.89 bits per heavy atom. The molecule has 0 saturated carbocycles. The summed E-state index contributed by atoms with van der Waals surface area (Å²) < 4.78 is 0. The molecule has 0 saturated heterocycles. The Balaban J connectivity index is 2.05. The average Bonchev–Trinajstić information content (AvgIpc) is 2.40. The Morgan fingerprint density at radius 1 is 1.17 bits per heavy atom. The molecule has 0 amide bonds. The van der Waals surface area contributed by atoms with Crippen molar-refractivity contribution >= 4 is 0 Å². The summed E-state index contributed by atoms with van der Waals surface area (Å²) >= 11 is 0. The topological polar surface area (TPSA) is 15.3 Å². The second-order valence-electron chi connectivity index (χ2n) is 5.26. The second kappa shape index (κ2) is 6.91. The van der Waals surface area contributed by atoms with Crippen LogP contribution in [0.15, 0.2) is 24.3 Å². The Hall–Kier alpha value is -0.860. The van der Waals surface area contributed by atoms with Gasteiger partial charge in [0.1, 0.15) is 0 Å². The van der Waals surface area contributed by atoms with Gasteiger partial charge in [-0.2, -0.15) is 0 Å². The molecule has 100 valence electrons. The lowest BCUT2D eigenvalue weighted by atomic mass is 9.94. The Morgan fingerprint density at radius 3 is 2.61 bits per heavy atom. The molecule has 0 radical (unpaired) electrons. The molecule has 1 aliphatic heterocycles. The monoisotopic (exact) mass is 246 g/mol. The van der Waals surface area contributed by atoms with Crippen molar-refractivity contribution in [1.82, 2.24) is 10.2 Å². The minimum Gasteiger partial charge on any atom is -0.309 e. The normalized spacial score (nSPS) is 18.9. The molecule has 0 bridgehead atoms. The molecule has 18 heavy (non-hydrogen) atoms. The molecule has 1 N–H and O–H groups in total. The van der Waals surface area contributed by atoms with Gasteiger partial charge in [-0.1, -0.05) is 38.1 Å². The van der Waals surface area contributed by atoms with Gasteiger partial charge in [0, 0.05) is 12.6 Å². The summed E-state index contributed by atoms with van der Waals surface area (Å²) in [5, 5.41) is 3.68. The molecule has 2 rings (SSSR count). The molecule has 2 nitrogen and oxygen atoms in total. The maximum atomic E-state index is 3.68. The van der Waals surface area contributed by atoms with Crippen LogP contribution in [0.1, 0.15) is 43.9 Å². The Bertz CT molecular complexity index is 356. The van der Waals surface area contributed by atoms with Gasteiger partial charge < -0.3 is 10.2 Å². The first-order valence-electron chi connectivity index (χ1n) is 7.38. The molecule has 2 heteroatoms. The van der Waals surface area contributed by atoms with Crippen molar-refractivity contribution in [2.45, 2.75) is 39.2 Å². The summed E-state index contributed by atoms with van der Waals surface area (Å²) in [4.78, 5) is 2.60. The van der Waals surface area contributed by atoms with Gasteiger partial charge >= 0.3 is 0 Å². The fourth-order valence-corrected chi connectivity index (χ4v) is 2.94. The molecule has 0 aromatic heterocycles. The second-order valence-corrected chi connectivity index (χ2v) is 5.26. The van der Waals surface area contributed by atoms with Gasteiger partial charge in [-0.3, -0.25) is 0 Å². The van der Waals surface area contributed by atoms with Crippen LogP contribution in [-0.4, -0.2) is 31.1 Å². The summed E-state index contributed by atoms with van der Waals surface area (Å²) in [7, 11) is 0. The predicted molar refractivity (Wildman–Crippen MR) is 77.9 cm³/mol. The Labute approximate surface area is 111 Å². The SMILES string of the molecule is CCCN(CCC)C[C@H]1NCCc2ccccc21. The van der Waals surface area contributed by atoms with Crippen LogP contribution in [0.2, 0.25) is 0 Å². The van der Waals surface area contributed by atoms with Crippen LogP contribution in [0.4, 0.5) is 0 Å². The lowest BCUT2D eigenvalue weighted by molar-refractivity contribution is 0.239. The molecule has 0 unspecified atom stereocenters. The van der Waals surface area contributed by atoms with Crippen molar-refractivity contribution in [3.05, 3.63) is 35.4 Å². The summed E-state index contributed by atoms with van der Waals surface area (Å²) in [5.41, 5.74) is 3.05. The number of nitrogens with zero attached hydrogens (tertiary/aromatic N) is 1. The number of rotatable bonds is 6. The highest BCUT2D eigenvalue weighted by molar-refractivity contribution is 5.32. The summed E-state index contributed by atoms with van der Waals surface area (Å²) in [6.45, 7) is 9.24. The van der Waals surface area contributed by atoms with E-state index in [4.69, 9.17) is 0 Å². The van der Waals surface area contributed by atoms with Gasteiger partial charge in [0.05, 0.1) is 0 Å². The zero-order valence-electron chi connectivity index (χ0n) is 11.8. The molecule has 1 aromatic carbocycles. The minimum atomic E-state index is 0.521. The van der Waals surface area contributed by atoms with E-state index in [9.17, 15) is 0 Å². The van der Waals surface area contributed by atoms with E-state index in [1.807, 2.05) is 0 Å². The number of fused-ring (bicyclic) bond motifs is 1. The molecule has 1 aromatic rings. The van der Waals surface area contributed by atoms with Crippen LogP contribution in [0.5, 0.6) is 0 Å². The number of hydrogen-bond acceptors (Lipinski definition) is 2. The fraction of sp³-hybridized carbons (Fsp3) is 0.625. The van der Waals surface area contributed by atoms with E-state index in [0.717, 1.165) is 13.1 Å². The molecule has 1 heterocycles. The van der Waals surface area contributed by atoms with Gasteiger partial charge in [0.25, 0.3) is 0 Å². The molecular weight excluding hydrogens is 220 g/mol. The van der Waals surface area contributed by atoms with E-state index >= 15 is 0 Å². The molecule has 0 spiro atoms. The fourth-order valence-electron chi connectivity index (χ4n) is 2.94. The van der Waals surface area contributed by atoms with E-state index in [-0.39, 0.29) is 0 Å². The van der Waals surface area contributed by atoms with Crippen LogP contribution < -0.4 is 5.32 Å².